The molecule has 17 heavy (non-hydrogen) atoms. The molecule has 0 aliphatic carbocycles. The predicted molar refractivity (Wildman–Crippen MR) is 66.3 cm³/mol. The van der Waals surface area contributed by atoms with Gasteiger partial charge < -0.3 is 10.5 Å². The van der Waals surface area contributed by atoms with Crippen molar-refractivity contribution >= 4 is 5.78 Å². The molecule has 1 unspecified atom stereocenters. The Hall–Kier alpha value is -1.36. The van der Waals surface area contributed by atoms with Crippen LogP contribution in [0.5, 0.6) is 5.75 Å². The fraction of sp³-hybridized carbons (Fsp3) is 0.667. The van der Waals surface area contributed by atoms with Crippen LogP contribution in [0.3, 0.4) is 0 Å². The van der Waals surface area contributed by atoms with Crippen molar-refractivity contribution in [3.05, 3.63) is 11.9 Å². The fourth-order valence-electron chi connectivity index (χ4n) is 1.56. The van der Waals surface area contributed by atoms with Gasteiger partial charge in [0.25, 0.3) is 0 Å². The summed E-state index contributed by atoms with van der Waals surface area (Å²) >= 11 is 0. The number of ether oxygens (including phenoxy) is 1. The lowest BCUT2D eigenvalue weighted by Crippen LogP contribution is -2.45. The zero-order valence-corrected chi connectivity index (χ0v) is 11.0. The van der Waals surface area contributed by atoms with Gasteiger partial charge in [-0.25, -0.2) is 0 Å². The summed E-state index contributed by atoms with van der Waals surface area (Å²) in [5, 5.41) is 4.16. The van der Waals surface area contributed by atoms with Crippen molar-refractivity contribution in [3.63, 3.8) is 0 Å². The molecule has 1 aromatic heterocycles. The topological polar surface area (TPSA) is 70.1 Å². The van der Waals surface area contributed by atoms with Gasteiger partial charge in [0.2, 0.25) is 5.78 Å². The molecule has 0 aliphatic rings. The molecular weight excluding hydrogens is 218 g/mol. The van der Waals surface area contributed by atoms with Crippen molar-refractivity contribution in [2.45, 2.75) is 45.7 Å². The number of methoxy groups -OCH3 is 1. The van der Waals surface area contributed by atoms with Crippen LogP contribution < -0.4 is 10.5 Å². The molecule has 0 aromatic carbocycles. The lowest BCUT2D eigenvalue weighted by atomic mass is 9.92. The molecule has 1 atom stereocenters. The smallest absolute Gasteiger partial charge is 0.204 e. The normalized spacial score (nSPS) is 14.4. The molecule has 0 radical (unpaired) electrons. The van der Waals surface area contributed by atoms with E-state index in [2.05, 4.69) is 5.10 Å². The van der Waals surface area contributed by atoms with Gasteiger partial charge in [-0.05, 0) is 19.8 Å². The molecule has 1 rings (SSSR count). The van der Waals surface area contributed by atoms with Gasteiger partial charge in [-0.2, -0.15) is 5.10 Å². The van der Waals surface area contributed by atoms with Gasteiger partial charge in [0, 0.05) is 6.54 Å². The van der Waals surface area contributed by atoms with E-state index in [1.165, 1.54) is 7.11 Å². The second-order valence-electron chi connectivity index (χ2n) is 4.38. The zero-order chi connectivity index (χ0) is 13.1. The number of hydrogen-bond donors (Lipinski definition) is 1. The van der Waals surface area contributed by atoms with Gasteiger partial charge >= 0.3 is 0 Å². The number of nitrogens with two attached hydrogens (primary N) is 1. The van der Waals surface area contributed by atoms with Crippen molar-refractivity contribution in [2.75, 3.05) is 7.11 Å². The van der Waals surface area contributed by atoms with Gasteiger partial charge in [0.05, 0.1) is 18.8 Å². The molecular formula is C12H21N3O2. The van der Waals surface area contributed by atoms with Gasteiger partial charge in [0.1, 0.15) is 5.69 Å². The molecule has 0 fully saturated rings. The van der Waals surface area contributed by atoms with Crippen molar-refractivity contribution < 1.29 is 9.53 Å². The number of Topliss-reactive ketones (excluding diaryl/α,β-unsaturated/α-hetero) is 1. The van der Waals surface area contributed by atoms with E-state index in [0.29, 0.717) is 24.4 Å². The Balaban J connectivity index is 3.18. The Labute approximate surface area is 102 Å². The second-order valence-corrected chi connectivity index (χ2v) is 4.38. The predicted octanol–water partition coefficient (Wildman–Crippen LogP) is 1.61. The molecule has 2 N–H and O–H groups in total. The van der Waals surface area contributed by atoms with Crippen LogP contribution >= 0.6 is 0 Å². The van der Waals surface area contributed by atoms with Crippen LogP contribution in [-0.4, -0.2) is 28.2 Å². The van der Waals surface area contributed by atoms with Gasteiger partial charge in [0.15, 0.2) is 5.75 Å². The fourth-order valence-corrected chi connectivity index (χ4v) is 1.56. The van der Waals surface area contributed by atoms with Crippen LogP contribution in [0.2, 0.25) is 0 Å². The number of rotatable bonds is 6. The van der Waals surface area contributed by atoms with E-state index in [9.17, 15) is 4.79 Å². The van der Waals surface area contributed by atoms with E-state index in [4.69, 9.17) is 10.5 Å². The first kappa shape index (κ1) is 13.7. The molecule has 0 bridgehead atoms. The van der Waals surface area contributed by atoms with Crippen LogP contribution in [0.15, 0.2) is 6.20 Å². The molecule has 0 amide bonds. The molecule has 0 saturated heterocycles. The average Bonchev–Trinajstić information content (AvgIpc) is 2.71. The molecule has 5 nitrogen and oxygen atoms in total. The number of carbonyl (C=O) groups is 1. The van der Waals surface area contributed by atoms with Crippen molar-refractivity contribution in [1.82, 2.24) is 9.78 Å². The summed E-state index contributed by atoms with van der Waals surface area (Å²) in [6.07, 6.45) is 3.04. The van der Waals surface area contributed by atoms with Gasteiger partial charge in [-0.15, -0.1) is 0 Å². The summed E-state index contributed by atoms with van der Waals surface area (Å²) in [6.45, 7) is 6.34. The van der Waals surface area contributed by atoms with Crippen molar-refractivity contribution in [2.24, 2.45) is 5.73 Å². The van der Waals surface area contributed by atoms with E-state index in [1.807, 2.05) is 13.8 Å². The lowest BCUT2D eigenvalue weighted by molar-refractivity contribution is 0.0883. The highest BCUT2D eigenvalue weighted by atomic mass is 16.5. The number of carbonyl (C=O) groups excluding carboxylic acids is 1. The Morgan fingerprint density at radius 1 is 1.59 bits per heavy atom. The highest BCUT2D eigenvalue weighted by Crippen LogP contribution is 2.23. The van der Waals surface area contributed by atoms with E-state index in [0.717, 1.165) is 6.42 Å². The Morgan fingerprint density at radius 3 is 2.71 bits per heavy atom. The van der Waals surface area contributed by atoms with Gasteiger partial charge in [-0.3, -0.25) is 9.48 Å². The van der Waals surface area contributed by atoms with E-state index in [-0.39, 0.29) is 5.78 Å². The van der Waals surface area contributed by atoms with Crippen LogP contribution in [0, 0.1) is 0 Å². The van der Waals surface area contributed by atoms with Crippen LogP contribution in [0.4, 0.5) is 0 Å². The summed E-state index contributed by atoms with van der Waals surface area (Å²) in [6, 6.07) is 0. The van der Waals surface area contributed by atoms with Crippen LogP contribution in [0.25, 0.3) is 0 Å². The highest BCUT2D eigenvalue weighted by Gasteiger charge is 2.32. The maximum Gasteiger partial charge on any atom is 0.204 e. The molecule has 5 heteroatoms. The number of ketones is 1. The number of hydrogen-bond acceptors (Lipinski definition) is 4. The molecule has 1 heterocycles. The molecule has 96 valence electrons. The third-order valence-electron chi connectivity index (χ3n) is 2.93. The standard InChI is InChI=1S/C12H21N3O2/c1-5-7-15-10(9(17-4)8-14-15)11(16)12(3,13)6-2/h8H,5-7,13H2,1-4H3. The van der Waals surface area contributed by atoms with E-state index < -0.39 is 5.54 Å². The van der Waals surface area contributed by atoms with Crippen molar-refractivity contribution in [3.8, 4) is 5.75 Å². The summed E-state index contributed by atoms with van der Waals surface area (Å²) in [5.41, 5.74) is 5.59. The minimum absolute atomic E-state index is 0.122. The quantitative estimate of drug-likeness (QED) is 0.766. The Bertz CT molecular complexity index is 396. The first-order valence-corrected chi connectivity index (χ1v) is 5.91. The van der Waals surface area contributed by atoms with Gasteiger partial charge in [-0.1, -0.05) is 13.8 Å². The third kappa shape index (κ3) is 2.66. The third-order valence-corrected chi connectivity index (χ3v) is 2.93. The molecule has 0 aliphatic heterocycles. The maximum atomic E-state index is 12.4. The molecule has 0 spiro atoms. The van der Waals surface area contributed by atoms with Crippen LogP contribution in [-0.2, 0) is 6.54 Å². The number of aryl methyl sites for hydroxylation is 1. The monoisotopic (exact) mass is 239 g/mol. The van der Waals surface area contributed by atoms with Crippen LogP contribution in [0.1, 0.15) is 44.1 Å². The summed E-state index contributed by atoms with van der Waals surface area (Å²) < 4.78 is 6.84. The second kappa shape index (κ2) is 5.31. The minimum atomic E-state index is -0.876. The zero-order valence-electron chi connectivity index (χ0n) is 11.0. The Morgan fingerprint density at radius 2 is 2.24 bits per heavy atom. The summed E-state index contributed by atoms with van der Waals surface area (Å²) in [5.74, 6) is 0.372. The van der Waals surface area contributed by atoms with Crippen molar-refractivity contribution in [1.29, 1.82) is 0 Å². The SMILES string of the molecule is CCCn1ncc(OC)c1C(=O)C(C)(N)CC. The lowest BCUT2D eigenvalue weighted by Gasteiger charge is -2.21. The van der Waals surface area contributed by atoms with E-state index >= 15 is 0 Å². The summed E-state index contributed by atoms with van der Waals surface area (Å²) in [4.78, 5) is 12.4. The van der Waals surface area contributed by atoms with E-state index in [1.54, 1.807) is 17.8 Å². The largest absolute Gasteiger partial charge is 0.493 e. The summed E-state index contributed by atoms with van der Waals surface area (Å²) in [7, 11) is 1.53. The average molecular weight is 239 g/mol. The Kier molecular flexibility index (Phi) is 4.28. The molecule has 1 aromatic rings. The molecule has 0 saturated carbocycles. The number of aromatic nitrogens is 2. The maximum absolute atomic E-state index is 12.4. The minimum Gasteiger partial charge on any atom is -0.493 e. The number of nitrogens with zero attached hydrogens (tertiary/aromatic N) is 2. The first-order valence-electron chi connectivity index (χ1n) is 5.91. The first-order chi connectivity index (χ1) is 7.97. The highest BCUT2D eigenvalue weighted by molar-refractivity contribution is 6.03.